The molecule has 3 heterocycles. The first-order valence-corrected chi connectivity index (χ1v) is 8.16. The van der Waals surface area contributed by atoms with E-state index in [4.69, 9.17) is 5.26 Å². The number of anilines is 2. The molecule has 0 unspecified atom stereocenters. The molecule has 24 heavy (non-hydrogen) atoms. The Morgan fingerprint density at radius 3 is 2.17 bits per heavy atom. The smallest absolute Gasteiger partial charge is 0.132 e. The molecule has 6 heteroatoms. The Bertz CT molecular complexity index is 733. The molecule has 0 atom stereocenters. The van der Waals surface area contributed by atoms with Gasteiger partial charge in [0, 0.05) is 43.9 Å². The molecule has 0 radical (unpaired) electrons. The van der Waals surface area contributed by atoms with Crippen LogP contribution >= 0.6 is 0 Å². The zero-order valence-electron chi connectivity index (χ0n) is 14.4. The molecule has 1 aliphatic heterocycles. The summed E-state index contributed by atoms with van der Waals surface area (Å²) in [6.45, 7) is 10.0. The van der Waals surface area contributed by atoms with Gasteiger partial charge in [0.2, 0.25) is 0 Å². The zero-order valence-corrected chi connectivity index (χ0v) is 14.4. The highest BCUT2D eigenvalue weighted by Crippen LogP contribution is 2.24. The van der Waals surface area contributed by atoms with Crippen molar-refractivity contribution in [2.75, 3.05) is 36.0 Å². The molecule has 2 aromatic rings. The van der Waals surface area contributed by atoms with Crippen molar-refractivity contribution in [3.05, 3.63) is 42.0 Å². The number of pyridine rings is 1. The molecule has 0 bridgehead atoms. The third-order valence-electron chi connectivity index (χ3n) is 4.23. The van der Waals surface area contributed by atoms with E-state index >= 15 is 0 Å². The first kappa shape index (κ1) is 16.2. The van der Waals surface area contributed by atoms with E-state index in [-0.39, 0.29) is 5.41 Å². The number of hydrogen-bond donors (Lipinski definition) is 0. The van der Waals surface area contributed by atoms with Crippen LogP contribution in [0.25, 0.3) is 0 Å². The van der Waals surface area contributed by atoms with Gasteiger partial charge in [-0.3, -0.25) is 0 Å². The fourth-order valence-corrected chi connectivity index (χ4v) is 2.73. The van der Waals surface area contributed by atoms with Crippen LogP contribution in [0.2, 0.25) is 0 Å². The molecular formula is C18H22N6. The lowest BCUT2D eigenvalue weighted by Crippen LogP contribution is -2.47. The van der Waals surface area contributed by atoms with Crippen LogP contribution in [0.1, 0.15) is 32.0 Å². The van der Waals surface area contributed by atoms with E-state index in [0.29, 0.717) is 5.56 Å². The van der Waals surface area contributed by atoms with Crippen molar-refractivity contribution in [1.82, 2.24) is 15.0 Å². The number of aromatic nitrogens is 3. The standard InChI is InChI=1S/C18H22N6/c1-18(2,3)15-10-17(22-13-21-15)24-8-6-23(7-9-24)16-5-4-14(11-19)12-20-16/h4-5,10,12-13H,6-9H2,1-3H3. The summed E-state index contributed by atoms with van der Waals surface area (Å²) in [5, 5.41) is 8.86. The third kappa shape index (κ3) is 3.46. The topological polar surface area (TPSA) is 68.9 Å². The molecule has 2 aromatic heterocycles. The van der Waals surface area contributed by atoms with Gasteiger partial charge in [-0.25, -0.2) is 15.0 Å². The Kier molecular flexibility index (Phi) is 4.34. The summed E-state index contributed by atoms with van der Waals surface area (Å²) in [4.78, 5) is 17.7. The van der Waals surface area contributed by atoms with Crippen LogP contribution in [0.15, 0.2) is 30.7 Å². The van der Waals surface area contributed by atoms with Crippen LogP contribution in [0.3, 0.4) is 0 Å². The first-order valence-electron chi connectivity index (χ1n) is 8.16. The van der Waals surface area contributed by atoms with Gasteiger partial charge in [0.05, 0.1) is 11.3 Å². The molecule has 3 rings (SSSR count). The first-order chi connectivity index (χ1) is 11.5. The largest absolute Gasteiger partial charge is 0.353 e. The molecule has 0 amide bonds. The maximum absolute atomic E-state index is 8.86. The van der Waals surface area contributed by atoms with Crippen LogP contribution in [-0.4, -0.2) is 41.1 Å². The average Bonchev–Trinajstić information content (AvgIpc) is 2.61. The Hall–Kier alpha value is -2.68. The minimum absolute atomic E-state index is 0.0198. The lowest BCUT2D eigenvalue weighted by molar-refractivity contribution is 0.564. The summed E-state index contributed by atoms with van der Waals surface area (Å²) in [7, 11) is 0. The second-order valence-electron chi connectivity index (χ2n) is 7.00. The molecule has 6 nitrogen and oxygen atoms in total. The lowest BCUT2D eigenvalue weighted by atomic mass is 9.92. The summed E-state index contributed by atoms with van der Waals surface area (Å²) in [5.74, 6) is 1.91. The third-order valence-corrected chi connectivity index (χ3v) is 4.23. The monoisotopic (exact) mass is 322 g/mol. The number of hydrogen-bond acceptors (Lipinski definition) is 6. The molecule has 0 saturated carbocycles. The van der Waals surface area contributed by atoms with Gasteiger partial charge in [-0.15, -0.1) is 0 Å². The van der Waals surface area contributed by atoms with E-state index in [0.717, 1.165) is 43.5 Å². The van der Waals surface area contributed by atoms with Crippen molar-refractivity contribution in [2.24, 2.45) is 0 Å². The SMILES string of the molecule is CC(C)(C)c1cc(N2CCN(c3ccc(C#N)cn3)CC2)ncn1. The van der Waals surface area contributed by atoms with Gasteiger partial charge >= 0.3 is 0 Å². The molecule has 0 spiro atoms. The van der Waals surface area contributed by atoms with Gasteiger partial charge in [0.1, 0.15) is 24.0 Å². The fourth-order valence-electron chi connectivity index (χ4n) is 2.73. The Morgan fingerprint density at radius 2 is 1.62 bits per heavy atom. The maximum Gasteiger partial charge on any atom is 0.132 e. The van der Waals surface area contributed by atoms with E-state index < -0.39 is 0 Å². The van der Waals surface area contributed by atoms with Gasteiger partial charge in [-0.1, -0.05) is 20.8 Å². The molecule has 0 N–H and O–H groups in total. The van der Waals surface area contributed by atoms with Crippen molar-refractivity contribution in [3.8, 4) is 6.07 Å². The minimum Gasteiger partial charge on any atom is -0.353 e. The highest BCUT2D eigenvalue weighted by Gasteiger charge is 2.21. The second-order valence-corrected chi connectivity index (χ2v) is 7.00. The van der Waals surface area contributed by atoms with Crippen molar-refractivity contribution in [3.63, 3.8) is 0 Å². The van der Waals surface area contributed by atoms with Gasteiger partial charge in [-0.2, -0.15) is 5.26 Å². The summed E-state index contributed by atoms with van der Waals surface area (Å²) in [6, 6.07) is 7.92. The van der Waals surface area contributed by atoms with Gasteiger partial charge in [0.15, 0.2) is 0 Å². The van der Waals surface area contributed by atoms with Crippen LogP contribution in [-0.2, 0) is 5.41 Å². The predicted octanol–water partition coefficient (Wildman–Crippen LogP) is 2.37. The van der Waals surface area contributed by atoms with Crippen molar-refractivity contribution >= 4 is 11.6 Å². The highest BCUT2D eigenvalue weighted by atomic mass is 15.3. The minimum atomic E-state index is 0.0198. The van der Waals surface area contributed by atoms with Crippen LogP contribution in [0, 0.1) is 11.3 Å². The average molecular weight is 322 g/mol. The summed E-state index contributed by atoms with van der Waals surface area (Å²) in [5.41, 5.74) is 1.67. The number of rotatable bonds is 2. The molecule has 0 aliphatic carbocycles. The molecular weight excluding hydrogens is 300 g/mol. The van der Waals surface area contributed by atoms with Gasteiger partial charge in [-0.05, 0) is 12.1 Å². The van der Waals surface area contributed by atoms with E-state index in [1.165, 1.54) is 0 Å². The number of piperazine rings is 1. The fraction of sp³-hybridized carbons (Fsp3) is 0.444. The van der Waals surface area contributed by atoms with Crippen LogP contribution in [0.4, 0.5) is 11.6 Å². The highest BCUT2D eigenvalue weighted by molar-refractivity contribution is 5.46. The van der Waals surface area contributed by atoms with E-state index in [1.54, 1.807) is 12.5 Å². The van der Waals surface area contributed by atoms with Crippen LogP contribution in [0.5, 0.6) is 0 Å². The quantitative estimate of drug-likeness (QED) is 0.845. The van der Waals surface area contributed by atoms with E-state index in [2.05, 4.69) is 57.7 Å². The summed E-state index contributed by atoms with van der Waals surface area (Å²) >= 11 is 0. The lowest BCUT2D eigenvalue weighted by Gasteiger charge is -2.36. The molecule has 1 saturated heterocycles. The molecule has 1 aliphatic rings. The molecule has 124 valence electrons. The normalized spacial score (nSPS) is 15.2. The number of nitrogens with zero attached hydrogens (tertiary/aromatic N) is 6. The van der Waals surface area contributed by atoms with Crippen molar-refractivity contribution in [1.29, 1.82) is 5.26 Å². The van der Waals surface area contributed by atoms with Gasteiger partial charge in [0.25, 0.3) is 0 Å². The maximum atomic E-state index is 8.86. The Balaban J connectivity index is 1.68. The predicted molar refractivity (Wildman–Crippen MR) is 94.1 cm³/mol. The van der Waals surface area contributed by atoms with Crippen LogP contribution < -0.4 is 9.80 Å². The Morgan fingerprint density at radius 1 is 0.958 bits per heavy atom. The summed E-state index contributed by atoms with van der Waals surface area (Å²) in [6.07, 6.45) is 3.28. The van der Waals surface area contributed by atoms with Crippen molar-refractivity contribution in [2.45, 2.75) is 26.2 Å². The zero-order chi connectivity index (χ0) is 17.2. The second kappa shape index (κ2) is 6.44. The van der Waals surface area contributed by atoms with E-state index in [1.807, 2.05) is 12.1 Å². The number of nitriles is 1. The van der Waals surface area contributed by atoms with Gasteiger partial charge < -0.3 is 9.80 Å². The summed E-state index contributed by atoms with van der Waals surface area (Å²) < 4.78 is 0. The molecule has 1 fully saturated rings. The molecule has 0 aromatic carbocycles. The Labute approximate surface area is 142 Å². The van der Waals surface area contributed by atoms with Crippen molar-refractivity contribution < 1.29 is 0 Å². The van der Waals surface area contributed by atoms with E-state index in [9.17, 15) is 0 Å².